The van der Waals surface area contributed by atoms with E-state index < -0.39 is 0 Å². The summed E-state index contributed by atoms with van der Waals surface area (Å²) >= 11 is 0. The molecule has 5 heteroatoms. The number of nitrogens with one attached hydrogen (secondary N) is 3. The third kappa shape index (κ3) is 2.33. The smallest absolute Gasteiger partial charge is 0.201 e. The van der Waals surface area contributed by atoms with Crippen molar-refractivity contribution < 1.29 is 0 Å². The average molecular weight is 277 g/mol. The average Bonchev–Trinajstić information content (AvgIpc) is 3.09. The van der Waals surface area contributed by atoms with Crippen molar-refractivity contribution in [3.8, 4) is 0 Å². The lowest BCUT2D eigenvalue weighted by Gasteiger charge is -1.99. The number of aromatic amines is 2. The molecule has 5 nitrogen and oxygen atoms in total. The van der Waals surface area contributed by atoms with Gasteiger partial charge in [-0.3, -0.25) is 0 Å². The lowest BCUT2D eigenvalue weighted by molar-refractivity contribution is 0.925. The SMILES string of the molecule is c1ccc2[nH]c(CCNc3nc4ccccc4[nH]3)nc2c1. The van der Waals surface area contributed by atoms with Gasteiger partial charge in [-0.05, 0) is 24.3 Å². The van der Waals surface area contributed by atoms with Gasteiger partial charge >= 0.3 is 0 Å². The minimum Gasteiger partial charge on any atom is -0.355 e. The Hall–Kier alpha value is -2.82. The highest BCUT2D eigenvalue weighted by atomic mass is 15.1. The van der Waals surface area contributed by atoms with Crippen LogP contribution in [-0.2, 0) is 6.42 Å². The highest BCUT2D eigenvalue weighted by molar-refractivity contribution is 5.77. The molecule has 0 bridgehead atoms. The first-order valence-electron chi connectivity index (χ1n) is 7.01. The second-order valence-electron chi connectivity index (χ2n) is 4.98. The number of rotatable bonds is 4. The number of para-hydroxylation sites is 4. The number of nitrogens with zero attached hydrogens (tertiary/aromatic N) is 2. The van der Waals surface area contributed by atoms with Gasteiger partial charge in [-0.15, -0.1) is 0 Å². The zero-order valence-corrected chi connectivity index (χ0v) is 11.4. The highest BCUT2D eigenvalue weighted by Gasteiger charge is 2.03. The van der Waals surface area contributed by atoms with Crippen molar-refractivity contribution in [2.24, 2.45) is 0 Å². The van der Waals surface area contributed by atoms with E-state index in [1.165, 1.54) is 0 Å². The Kier molecular flexibility index (Phi) is 2.81. The molecule has 0 radical (unpaired) electrons. The van der Waals surface area contributed by atoms with Crippen LogP contribution in [0.15, 0.2) is 48.5 Å². The van der Waals surface area contributed by atoms with E-state index in [4.69, 9.17) is 0 Å². The molecule has 0 aliphatic carbocycles. The third-order valence-corrected chi connectivity index (χ3v) is 3.48. The van der Waals surface area contributed by atoms with Gasteiger partial charge in [0.2, 0.25) is 5.95 Å². The first kappa shape index (κ1) is 12.0. The van der Waals surface area contributed by atoms with Gasteiger partial charge in [-0.25, -0.2) is 9.97 Å². The summed E-state index contributed by atoms with van der Waals surface area (Å²) in [6.45, 7) is 0.777. The Morgan fingerprint density at radius 1 is 0.810 bits per heavy atom. The fraction of sp³-hybridized carbons (Fsp3) is 0.125. The van der Waals surface area contributed by atoms with E-state index in [1.54, 1.807) is 0 Å². The van der Waals surface area contributed by atoms with Crippen LogP contribution in [0.2, 0.25) is 0 Å². The van der Waals surface area contributed by atoms with Crippen molar-refractivity contribution in [2.75, 3.05) is 11.9 Å². The summed E-state index contributed by atoms with van der Waals surface area (Å²) in [7, 11) is 0. The van der Waals surface area contributed by atoms with Crippen LogP contribution in [0.3, 0.4) is 0 Å². The molecule has 0 aliphatic rings. The maximum atomic E-state index is 4.56. The summed E-state index contributed by atoms with van der Waals surface area (Å²) in [4.78, 5) is 15.6. The van der Waals surface area contributed by atoms with Gasteiger partial charge < -0.3 is 15.3 Å². The monoisotopic (exact) mass is 277 g/mol. The largest absolute Gasteiger partial charge is 0.355 e. The quantitative estimate of drug-likeness (QED) is 0.537. The van der Waals surface area contributed by atoms with Crippen LogP contribution < -0.4 is 5.32 Å². The Morgan fingerprint density at radius 3 is 2.19 bits per heavy atom. The second kappa shape index (κ2) is 4.94. The summed E-state index contributed by atoms with van der Waals surface area (Å²) in [5.41, 5.74) is 4.11. The molecule has 0 saturated carbocycles. The molecule has 0 unspecified atom stereocenters. The van der Waals surface area contributed by atoms with E-state index >= 15 is 0 Å². The number of hydrogen-bond donors (Lipinski definition) is 3. The fourth-order valence-corrected chi connectivity index (χ4v) is 2.46. The summed E-state index contributed by atoms with van der Waals surface area (Å²) < 4.78 is 0. The van der Waals surface area contributed by atoms with Gasteiger partial charge in [0, 0.05) is 13.0 Å². The van der Waals surface area contributed by atoms with Crippen molar-refractivity contribution >= 4 is 28.0 Å². The van der Waals surface area contributed by atoms with E-state index in [-0.39, 0.29) is 0 Å². The molecule has 21 heavy (non-hydrogen) atoms. The normalized spacial score (nSPS) is 11.2. The lowest BCUT2D eigenvalue weighted by Crippen LogP contribution is -2.06. The van der Waals surface area contributed by atoms with Crippen LogP contribution in [0.5, 0.6) is 0 Å². The standard InChI is InChI=1S/C16H15N5/c1-2-6-12-11(5-1)18-15(19-12)9-10-17-16-20-13-7-3-4-8-14(13)21-16/h1-8H,9-10H2,(H,18,19)(H2,17,20,21). The Balaban J connectivity index is 1.44. The van der Waals surface area contributed by atoms with E-state index in [0.29, 0.717) is 0 Å². The van der Waals surface area contributed by atoms with Gasteiger partial charge in [0.15, 0.2) is 0 Å². The van der Waals surface area contributed by atoms with Crippen LogP contribution in [0.4, 0.5) is 5.95 Å². The minimum absolute atomic E-state index is 0.777. The predicted octanol–water partition coefficient (Wildman–Crippen LogP) is 3.09. The Morgan fingerprint density at radius 2 is 1.48 bits per heavy atom. The molecule has 0 spiro atoms. The molecule has 2 aromatic heterocycles. The lowest BCUT2D eigenvalue weighted by atomic mass is 10.3. The first-order chi connectivity index (χ1) is 10.4. The maximum absolute atomic E-state index is 4.56. The number of benzene rings is 2. The first-order valence-corrected chi connectivity index (χ1v) is 7.01. The molecule has 0 amide bonds. The van der Waals surface area contributed by atoms with Gasteiger partial charge in [0.1, 0.15) is 5.82 Å². The zero-order valence-electron chi connectivity index (χ0n) is 11.4. The van der Waals surface area contributed by atoms with E-state index in [9.17, 15) is 0 Å². The molecule has 2 aromatic carbocycles. The second-order valence-corrected chi connectivity index (χ2v) is 4.98. The Bertz CT molecular complexity index is 750. The molecule has 4 rings (SSSR count). The fourth-order valence-electron chi connectivity index (χ4n) is 2.46. The summed E-state index contributed by atoms with van der Waals surface area (Å²) in [5, 5.41) is 3.30. The molecule has 0 fully saturated rings. The van der Waals surface area contributed by atoms with Gasteiger partial charge in [0.25, 0.3) is 0 Å². The molecule has 104 valence electrons. The number of aromatic nitrogens is 4. The van der Waals surface area contributed by atoms with Crippen LogP contribution in [-0.4, -0.2) is 26.5 Å². The molecule has 4 aromatic rings. The molecule has 0 atom stereocenters. The van der Waals surface area contributed by atoms with Crippen molar-refractivity contribution in [1.29, 1.82) is 0 Å². The van der Waals surface area contributed by atoms with Crippen molar-refractivity contribution in [3.05, 3.63) is 54.4 Å². The number of fused-ring (bicyclic) bond motifs is 2. The van der Waals surface area contributed by atoms with Crippen LogP contribution in [0, 0.1) is 0 Å². The molecule has 2 heterocycles. The minimum atomic E-state index is 0.777. The molecule has 0 saturated heterocycles. The van der Waals surface area contributed by atoms with E-state index in [2.05, 4.69) is 25.3 Å². The summed E-state index contributed by atoms with van der Waals surface area (Å²) in [5.74, 6) is 1.78. The van der Waals surface area contributed by atoms with E-state index in [1.807, 2.05) is 48.5 Å². The zero-order chi connectivity index (χ0) is 14.1. The number of H-pyrrole nitrogens is 2. The number of anilines is 1. The Labute approximate surface area is 121 Å². The third-order valence-electron chi connectivity index (χ3n) is 3.48. The van der Waals surface area contributed by atoms with E-state index in [0.717, 1.165) is 46.8 Å². The maximum Gasteiger partial charge on any atom is 0.201 e. The van der Waals surface area contributed by atoms with Crippen LogP contribution >= 0.6 is 0 Å². The predicted molar refractivity (Wildman–Crippen MR) is 84.4 cm³/mol. The summed E-state index contributed by atoms with van der Waals surface area (Å²) in [6, 6.07) is 16.1. The van der Waals surface area contributed by atoms with Crippen molar-refractivity contribution in [3.63, 3.8) is 0 Å². The molecular weight excluding hydrogens is 262 g/mol. The number of imidazole rings is 2. The topological polar surface area (TPSA) is 69.4 Å². The van der Waals surface area contributed by atoms with Gasteiger partial charge in [-0.1, -0.05) is 24.3 Å². The molecular formula is C16H15N5. The van der Waals surface area contributed by atoms with Gasteiger partial charge in [-0.2, -0.15) is 0 Å². The van der Waals surface area contributed by atoms with Crippen molar-refractivity contribution in [2.45, 2.75) is 6.42 Å². The van der Waals surface area contributed by atoms with Crippen molar-refractivity contribution in [1.82, 2.24) is 19.9 Å². The van der Waals surface area contributed by atoms with Gasteiger partial charge in [0.05, 0.1) is 22.1 Å². The van der Waals surface area contributed by atoms with Crippen LogP contribution in [0.25, 0.3) is 22.1 Å². The highest BCUT2D eigenvalue weighted by Crippen LogP contribution is 2.14. The van der Waals surface area contributed by atoms with Crippen LogP contribution in [0.1, 0.15) is 5.82 Å². The summed E-state index contributed by atoms with van der Waals surface area (Å²) in [6.07, 6.45) is 0.825. The molecule has 0 aliphatic heterocycles. The molecule has 3 N–H and O–H groups in total. The number of hydrogen-bond acceptors (Lipinski definition) is 3.